The SMILES string of the molecule is N#Cc1ccc(S(=O)(=O)Nc2cc(C(=O)O)ccc2Oc2ccccc2)cc1. The van der Waals surface area contributed by atoms with Crippen molar-refractivity contribution in [2.24, 2.45) is 0 Å². The average molecular weight is 394 g/mol. The number of carboxylic acids is 1. The Kier molecular flexibility index (Phi) is 5.29. The molecule has 0 aromatic heterocycles. The van der Waals surface area contributed by atoms with Crippen LogP contribution in [0.15, 0.2) is 77.7 Å². The minimum Gasteiger partial charge on any atom is -0.478 e. The summed E-state index contributed by atoms with van der Waals surface area (Å²) in [7, 11) is -4.03. The van der Waals surface area contributed by atoms with E-state index >= 15 is 0 Å². The monoisotopic (exact) mass is 394 g/mol. The van der Waals surface area contributed by atoms with Crippen LogP contribution in [0.5, 0.6) is 11.5 Å². The summed E-state index contributed by atoms with van der Waals surface area (Å²) in [4.78, 5) is 11.2. The second kappa shape index (κ2) is 7.82. The largest absolute Gasteiger partial charge is 0.478 e. The van der Waals surface area contributed by atoms with Gasteiger partial charge in [0.05, 0.1) is 27.8 Å². The van der Waals surface area contributed by atoms with Gasteiger partial charge in [-0.15, -0.1) is 0 Å². The molecule has 28 heavy (non-hydrogen) atoms. The zero-order valence-corrected chi connectivity index (χ0v) is 15.2. The first-order valence-corrected chi connectivity index (χ1v) is 9.50. The maximum absolute atomic E-state index is 12.7. The Balaban J connectivity index is 1.99. The van der Waals surface area contributed by atoms with Crippen LogP contribution >= 0.6 is 0 Å². The van der Waals surface area contributed by atoms with Crippen molar-refractivity contribution >= 4 is 21.7 Å². The number of para-hydroxylation sites is 1. The van der Waals surface area contributed by atoms with E-state index in [4.69, 9.17) is 10.00 Å². The zero-order valence-electron chi connectivity index (χ0n) is 14.4. The van der Waals surface area contributed by atoms with Crippen molar-refractivity contribution in [3.63, 3.8) is 0 Å². The number of benzene rings is 3. The molecule has 8 heteroatoms. The Bertz CT molecular complexity index is 1150. The molecule has 0 saturated heterocycles. The summed E-state index contributed by atoms with van der Waals surface area (Å²) in [6.45, 7) is 0. The van der Waals surface area contributed by atoms with E-state index in [0.29, 0.717) is 11.3 Å². The highest BCUT2D eigenvalue weighted by molar-refractivity contribution is 7.92. The highest BCUT2D eigenvalue weighted by Gasteiger charge is 2.19. The lowest BCUT2D eigenvalue weighted by atomic mass is 10.2. The molecule has 3 rings (SSSR count). The van der Waals surface area contributed by atoms with Gasteiger partial charge in [0.1, 0.15) is 5.75 Å². The molecule has 3 aromatic carbocycles. The predicted octanol–water partition coefficient (Wildman–Crippen LogP) is 3.85. The summed E-state index contributed by atoms with van der Waals surface area (Å²) >= 11 is 0. The molecule has 3 aromatic rings. The molecule has 2 N–H and O–H groups in total. The number of rotatable bonds is 6. The van der Waals surface area contributed by atoms with E-state index in [1.807, 2.05) is 6.07 Å². The average Bonchev–Trinajstić information content (AvgIpc) is 2.70. The summed E-state index contributed by atoms with van der Waals surface area (Å²) in [6, 6.07) is 19.8. The quantitative estimate of drug-likeness (QED) is 0.656. The Hall–Kier alpha value is -3.83. The van der Waals surface area contributed by atoms with Crippen molar-refractivity contribution in [2.75, 3.05) is 4.72 Å². The van der Waals surface area contributed by atoms with Crippen molar-refractivity contribution in [2.45, 2.75) is 4.90 Å². The van der Waals surface area contributed by atoms with Gasteiger partial charge >= 0.3 is 5.97 Å². The van der Waals surface area contributed by atoms with Gasteiger partial charge < -0.3 is 9.84 Å². The molecule has 0 aliphatic heterocycles. The van der Waals surface area contributed by atoms with Crippen molar-refractivity contribution < 1.29 is 23.1 Å². The van der Waals surface area contributed by atoms with E-state index in [1.54, 1.807) is 30.3 Å². The number of carbonyl (C=O) groups is 1. The van der Waals surface area contributed by atoms with Crippen molar-refractivity contribution in [3.8, 4) is 17.6 Å². The molecule has 0 aliphatic carbocycles. The van der Waals surface area contributed by atoms with Gasteiger partial charge in [-0.05, 0) is 54.6 Å². The van der Waals surface area contributed by atoms with Crippen LogP contribution in [0.2, 0.25) is 0 Å². The number of hydrogen-bond acceptors (Lipinski definition) is 5. The molecule has 0 spiro atoms. The lowest BCUT2D eigenvalue weighted by Gasteiger charge is -2.14. The lowest BCUT2D eigenvalue weighted by Crippen LogP contribution is -2.14. The fourth-order valence-corrected chi connectivity index (χ4v) is 3.42. The van der Waals surface area contributed by atoms with Gasteiger partial charge in [-0.3, -0.25) is 4.72 Å². The van der Waals surface area contributed by atoms with Crippen LogP contribution in [0.1, 0.15) is 15.9 Å². The third-order valence-corrected chi connectivity index (χ3v) is 5.12. The number of sulfonamides is 1. The Morgan fingerprint density at radius 3 is 2.29 bits per heavy atom. The summed E-state index contributed by atoms with van der Waals surface area (Å²) < 4.78 is 33.4. The maximum atomic E-state index is 12.7. The topological polar surface area (TPSA) is 116 Å². The van der Waals surface area contributed by atoms with Crippen LogP contribution < -0.4 is 9.46 Å². The molecular formula is C20H14N2O5S. The number of nitrogens with one attached hydrogen (secondary N) is 1. The van der Waals surface area contributed by atoms with Gasteiger partial charge in [0.2, 0.25) is 0 Å². The van der Waals surface area contributed by atoms with Crippen LogP contribution in [0, 0.1) is 11.3 Å². The van der Waals surface area contributed by atoms with E-state index in [-0.39, 0.29) is 21.9 Å². The molecule has 0 amide bonds. The number of ether oxygens (including phenoxy) is 1. The highest BCUT2D eigenvalue weighted by Crippen LogP contribution is 2.32. The summed E-state index contributed by atoms with van der Waals surface area (Å²) in [5, 5.41) is 18.1. The van der Waals surface area contributed by atoms with Crippen molar-refractivity contribution in [1.82, 2.24) is 0 Å². The first-order valence-electron chi connectivity index (χ1n) is 8.02. The maximum Gasteiger partial charge on any atom is 0.335 e. The van der Waals surface area contributed by atoms with Crippen molar-refractivity contribution in [1.29, 1.82) is 5.26 Å². The lowest BCUT2D eigenvalue weighted by molar-refractivity contribution is 0.0697. The zero-order chi connectivity index (χ0) is 20.1. The predicted molar refractivity (Wildman–Crippen MR) is 102 cm³/mol. The molecule has 0 radical (unpaired) electrons. The third kappa shape index (κ3) is 4.28. The van der Waals surface area contributed by atoms with Gasteiger partial charge in [0, 0.05) is 0 Å². The smallest absolute Gasteiger partial charge is 0.335 e. The van der Waals surface area contributed by atoms with E-state index < -0.39 is 16.0 Å². The van der Waals surface area contributed by atoms with Gasteiger partial charge in [0.15, 0.2) is 5.75 Å². The molecule has 0 unspecified atom stereocenters. The van der Waals surface area contributed by atoms with Gasteiger partial charge in [-0.25, -0.2) is 13.2 Å². The third-order valence-electron chi connectivity index (χ3n) is 3.74. The number of nitriles is 1. The number of carboxylic acid groups (broad SMARTS) is 1. The Morgan fingerprint density at radius 2 is 1.68 bits per heavy atom. The number of aromatic carboxylic acids is 1. The minimum absolute atomic E-state index is 0.0203. The Labute approximate surface area is 161 Å². The van der Waals surface area contributed by atoms with E-state index in [1.165, 1.54) is 42.5 Å². The molecule has 140 valence electrons. The molecule has 0 saturated carbocycles. The Morgan fingerprint density at radius 1 is 1.00 bits per heavy atom. The summed E-state index contributed by atoms with van der Waals surface area (Å²) in [5.41, 5.74) is 0.200. The van der Waals surface area contributed by atoms with Gasteiger partial charge in [0.25, 0.3) is 10.0 Å². The molecule has 0 fully saturated rings. The standard InChI is InChI=1S/C20H14N2O5S/c21-13-14-6-9-17(10-7-14)28(25,26)22-18-12-15(20(23)24)8-11-19(18)27-16-4-2-1-3-5-16/h1-12,22H,(H,23,24). The van der Waals surface area contributed by atoms with Crippen LogP contribution in [0.3, 0.4) is 0 Å². The van der Waals surface area contributed by atoms with Crippen LogP contribution in [-0.2, 0) is 10.0 Å². The molecule has 0 aliphatic rings. The van der Waals surface area contributed by atoms with Gasteiger partial charge in [-0.2, -0.15) is 5.26 Å². The summed E-state index contributed by atoms with van der Waals surface area (Å²) in [6.07, 6.45) is 0. The van der Waals surface area contributed by atoms with Gasteiger partial charge in [-0.1, -0.05) is 18.2 Å². The molecule has 7 nitrogen and oxygen atoms in total. The van der Waals surface area contributed by atoms with E-state index in [9.17, 15) is 18.3 Å². The molecule has 0 atom stereocenters. The molecule has 0 bridgehead atoms. The highest BCUT2D eigenvalue weighted by atomic mass is 32.2. The number of nitrogens with zero attached hydrogens (tertiary/aromatic N) is 1. The fraction of sp³-hybridized carbons (Fsp3) is 0. The van der Waals surface area contributed by atoms with Crippen LogP contribution in [0.4, 0.5) is 5.69 Å². The van der Waals surface area contributed by atoms with Crippen LogP contribution in [-0.4, -0.2) is 19.5 Å². The number of anilines is 1. The number of hydrogen-bond donors (Lipinski definition) is 2. The normalized spacial score (nSPS) is 10.7. The molecule has 0 heterocycles. The van der Waals surface area contributed by atoms with E-state index in [2.05, 4.69) is 4.72 Å². The molecular weight excluding hydrogens is 380 g/mol. The first-order chi connectivity index (χ1) is 13.4. The first kappa shape index (κ1) is 18.9. The summed E-state index contributed by atoms with van der Waals surface area (Å²) in [5.74, 6) is -0.595. The second-order valence-corrected chi connectivity index (χ2v) is 7.36. The van der Waals surface area contributed by atoms with E-state index in [0.717, 1.165) is 0 Å². The van der Waals surface area contributed by atoms with Crippen LogP contribution in [0.25, 0.3) is 0 Å². The fourth-order valence-electron chi connectivity index (χ4n) is 2.36. The minimum atomic E-state index is -4.03. The van der Waals surface area contributed by atoms with Crippen molar-refractivity contribution in [3.05, 3.63) is 83.9 Å². The second-order valence-electron chi connectivity index (χ2n) is 5.67.